The van der Waals surface area contributed by atoms with E-state index in [1.807, 2.05) is 92.8 Å². The minimum atomic E-state index is -0.239. The molecule has 7 aromatic rings. The van der Waals surface area contributed by atoms with Gasteiger partial charge in [0.05, 0.1) is 27.7 Å². The summed E-state index contributed by atoms with van der Waals surface area (Å²) >= 11 is 15.4. The quantitative estimate of drug-likeness (QED) is 0.178. The van der Waals surface area contributed by atoms with Crippen molar-refractivity contribution in [3.63, 3.8) is 0 Å². The number of para-hydroxylation sites is 1. The smallest absolute Gasteiger partial charge is 0.296 e. The van der Waals surface area contributed by atoms with E-state index >= 15 is 0 Å². The number of rotatable bonds is 7. The molecule has 0 aliphatic carbocycles. The van der Waals surface area contributed by atoms with Gasteiger partial charge in [-0.25, -0.2) is 9.67 Å². The molecule has 13 heteroatoms. The fourth-order valence-electron chi connectivity index (χ4n) is 5.14. The maximum atomic E-state index is 14.1. The minimum absolute atomic E-state index is 0.219. The third kappa shape index (κ3) is 5.31. The first-order chi connectivity index (χ1) is 21.8. The lowest BCUT2D eigenvalue weighted by molar-refractivity contribution is 0.630. The Morgan fingerprint density at radius 2 is 1.67 bits per heavy atom. The van der Waals surface area contributed by atoms with E-state index in [9.17, 15) is 9.59 Å². The van der Waals surface area contributed by atoms with Crippen LogP contribution < -0.4 is 11.1 Å². The molecular formula is C32H23Cl2N7O2S2. The maximum absolute atomic E-state index is 14.1. The lowest BCUT2D eigenvalue weighted by Gasteiger charge is -2.10. The van der Waals surface area contributed by atoms with E-state index in [2.05, 4.69) is 15.2 Å². The van der Waals surface area contributed by atoms with Crippen LogP contribution in [0.4, 0.5) is 0 Å². The first-order valence-corrected chi connectivity index (χ1v) is 16.3. The standard InChI is InChI=1S/C32H23Cl2N7O2S2/c1-18-27(31(43)41(39(18)2)21-8-4-3-5-9-21)40-29(22-10-6-7-11-23(22)34)37-38-32(40)44-17-26-35-24-16-25(45-28(24)30(42)36-26)19-12-14-20(33)15-13-19/h3-16H,17H2,1-2H3,(H,35,36,42). The number of aromatic nitrogens is 7. The van der Waals surface area contributed by atoms with Crippen LogP contribution in [0.2, 0.25) is 10.0 Å². The maximum Gasteiger partial charge on any atom is 0.296 e. The summed E-state index contributed by atoms with van der Waals surface area (Å²) < 4.78 is 5.69. The Labute approximate surface area is 274 Å². The van der Waals surface area contributed by atoms with E-state index in [1.165, 1.54) is 23.1 Å². The van der Waals surface area contributed by atoms with E-state index in [0.717, 1.165) is 16.1 Å². The summed E-state index contributed by atoms with van der Waals surface area (Å²) in [6.45, 7) is 1.88. The highest BCUT2D eigenvalue weighted by Gasteiger charge is 2.26. The van der Waals surface area contributed by atoms with Crippen LogP contribution in [-0.2, 0) is 12.8 Å². The molecule has 4 aromatic heterocycles. The molecule has 0 bridgehead atoms. The number of aromatic amines is 1. The average Bonchev–Trinajstić information content (AvgIpc) is 3.71. The molecule has 0 aliphatic rings. The van der Waals surface area contributed by atoms with Gasteiger partial charge in [0.2, 0.25) is 0 Å². The summed E-state index contributed by atoms with van der Waals surface area (Å²) in [5.41, 5.74) is 3.56. The number of thioether (sulfide) groups is 1. The minimum Gasteiger partial charge on any atom is -0.309 e. The summed E-state index contributed by atoms with van der Waals surface area (Å²) in [5.74, 6) is 1.17. The molecule has 0 aliphatic heterocycles. The van der Waals surface area contributed by atoms with Gasteiger partial charge in [-0.2, -0.15) is 0 Å². The summed E-state index contributed by atoms with van der Waals surface area (Å²) in [6.07, 6.45) is 0. The third-order valence-corrected chi connectivity index (χ3v) is 10.1. The fraction of sp³-hybridized carbons (Fsp3) is 0.0938. The van der Waals surface area contributed by atoms with Crippen molar-refractivity contribution in [1.82, 2.24) is 34.1 Å². The summed E-state index contributed by atoms with van der Waals surface area (Å²) in [6, 6.07) is 26.1. The van der Waals surface area contributed by atoms with Crippen molar-refractivity contribution in [2.75, 3.05) is 0 Å². The highest BCUT2D eigenvalue weighted by molar-refractivity contribution is 7.98. The average molecular weight is 673 g/mol. The lowest BCUT2D eigenvalue weighted by Crippen LogP contribution is -2.21. The second-order valence-corrected chi connectivity index (χ2v) is 13.0. The fourth-order valence-corrected chi connectivity index (χ4v) is 7.29. The van der Waals surface area contributed by atoms with Gasteiger partial charge in [-0.05, 0) is 55.0 Å². The normalized spacial score (nSPS) is 11.5. The van der Waals surface area contributed by atoms with E-state index in [0.29, 0.717) is 54.0 Å². The number of nitrogens with one attached hydrogen (secondary N) is 1. The van der Waals surface area contributed by atoms with Gasteiger partial charge >= 0.3 is 0 Å². The van der Waals surface area contributed by atoms with Crippen molar-refractivity contribution in [3.8, 4) is 33.2 Å². The largest absolute Gasteiger partial charge is 0.309 e. The van der Waals surface area contributed by atoms with Gasteiger partial charge in [0.25, 0.3) is 11.1 Å². The van der Waals surface area contributed by atoms with Gasteiger partial charge < -0.3 is 4.98 Å². The molecule has 0 amide bonds. The van der Waals surface area contributed by atoms with Crippen molar-refractivity contribution in [2.24, 2.45) is 7.05 Å². The number of halogens is 2. The lowest BCUT2D eigenvalue weighted by atomic mass is 10.2. The number of hydrogen-bond acceptors (Lipinski definition) is 7. The second-order valence-electron chi connectivity index (χ2n) is 10.2. The number of benzene rings is 3. The zero-order valence-corrected chi connectivity index (χ0v) is 27.0. The Morgan fingerprint density at radius 1 is 0.933 bits per heavy atom. The van der Waals surface area contributed by atoms with E-state index in [1.54, 1.807) is 20.0 Å². The Hall–Kier alpha value is -4.42. The highest BCUT2D eigenvalue weighted by Crippen LogP contribution is 2.34. The number of nitrogens with zero attached hydrogens (tertiary/aromatic N) is 6. The number of hydrogen-bond donors (Lipinski definition) is 1. The third-order valence-electron chi connectivity index (χ3n) is 7.39. The molecule has 0 radical (unpaired) electrons. The van der Waals surface area contributed by atoms with Gasteiger partial charge in [-0.3, -0.25) is 18.8 Å². The van der Waals surface area contributed by atoms with Crippen LogP contribution in [0.5, 0.6) is 0 Å². The van der Waals surface area contributed by atoms with Gasteiger partial charge in [0.1, 0.15) is 16.2 Å². The van der Waals surface area contributed by atoms with Crippen molar-refractivity contribution in [2.45, 2.75) is 17.8 Å². The second kappa shape index (κ2) is 11.8. The highest BCUT2D eigenvalue weighted by atomic mass is 35.5. The molecule has 0 spiro atoms. The summed E-state index contributed by atoms with van der Waals surface area (Å²) in [7, 11) is 1.84. The molecule has 3 aromatic carbocycles. The van der Waals surface area contributed by atoms with E-state index in [4.69, 9.17) is 28.2 Å². The summed E-state index contributed by atoms with van der Waals surface area (Å²) in [5, 5.41) is 10.5. The van der Waals surface area contributed by atoms with Gasteiger partial charge in [-0.1, -0.05) is 77.4 Å². The van der Waals surface area contributed by atoms with Crippen molar-refractivity contribution in [1.29, 1.82) is 0 Å². The number of H-pyrrole nitrogens is 1. The molecule has 0 fully saturated rings. The molecule has 0 unspecified atom stereocenters. The molecule has 1 N–H and O–H groups in total. The van der Waals surface area contributed by atoms with Gasteiger partial charge in [-0.15, -0.1) is 21.5 Å². The first kappa shape index (κ1) is 29.3. The molecule has 7 rings (SSSR count). The van der Waals surface area contributed by atoms with Crippen LogP contribution in [0.3, 0.4) is 0 Å². The monoisotopic (exact) mass is 671 g/mol. The Morgan fingerprint density at radius 3 is 2.42 bits per heavy atom. The Balaban J connectivity index is 1.31. The molecule has 9 nitrogen and oxygen atoms in total. The predicted molar refractivity (Wildman–Crippen MR) is 181 cm³/mol. The molecule has 0 saturated heterocycles. The van der Waals surface area contributed by atoms with Crippen LogP contribution in [0.25, 0.3) is 43.4 Å². The molecule has 4 heterocycles. The zero-order valence-electron chi connectivity index (χ0n) is 23.9. The summed E-state index contributed by atoms with van der Waals surface area (Å²) in [4.78, 5) is 35.7. The van der Waals surface area contributed by atoms with Gasteiger partial charge in [0, 0.05) is 22.5 Å². The Kier molecular flexibility index (Phi) is 7.70. The van der Waals surface area contributed by atoms with Crippen LogP contribution >= 0.6 is 46.3 Å². The number of thiophene rings is 1. The van der Waals surface area contributed by atoms with Crippen LogP contribution in [-0.4, -0.2) is 34.1 Å². The molecule has 224 valence electrons. The topological polar surface area (TPSA) is 103 Å². The van der Waals surface area contributed by atoms with Crippen molar-refractivity contribution >= 4 is 56.5 Å². The zero-order chi connectivity index (χ0) is 31.2. The first-order valence-electron chi connectivity index (χ1n) is 13.8. The van der Waals surface area contributed by atoms with Crippen molar-refractivity contribution < 1.29 is 0 Å². The predicted octanol–water partition coefficient (Wildman–Crippen LogP) is 7.30. The number of fused-ring (bicyclic) bond motifs is 1. The van der Waals surface area contributed by atoms with E-state index in [-0.39, 0.29) is 16.9 Å². The SMILES string of the molecule is Cc1c(-n2c(SCc3nc4cc(-c5ccc(Cl)cc5)sc4c(=O)[nH]3)nnc2-c2ccccc2Cl)c(=O)n(-c2ccccc2)n1C. The van der Waals surface area contributed by atoms with E-state index < -0.39 is 0 Å². The molecule has 45 heavy (non-hydrogen) atoms. The van der Waals surface area contributed by atoms with Crippen LogP contribution in [0.1, 0.15) is 11.5 Å². The van der Waals surface area contributed by atoms with Gasteiger partial charge in [0.15, 0.2) is 11.0 Å². The van der Waals surface area contributed by atoms with Crippen LogP contribution in [0.15, 0.2) is 99.7 Å². The molecule has 0 atom stereocenters. The molecular weight excluding hydrogens is 649 g/mol. The van der Waals surface area contributed by atoms with Crippen LogP contribution in [0, 0.1) is 6.92 Å². The Bertz CT molecular complexity index is 2320. The molecule has 0 saturated carbocycles. The van der Waals surface area contributed by atoms with Crippen molar-refractivity contribution in [3.05, 3.63) is 127 Å².